The molecule has 5 nitrogen and oxygen atoms in total. The second-order valence-electron chi connectivity index (χ2n) is 5.71. The van der Waals surface area contributed by atoms with Gasteiger partial charge in [0, 0.05) is 51.0 Å². The Bertz CT molecular complexity index is 594. The molecule has 5 heteroatoms. The molecule has 2 aromatic heterocycles. The van der Waals surface area contributed by atoms with Gasteiger partial charge in [-0.3, -0.25) is 4.98 Å². The van der Waals surface area contributed by atoms with Crippen molar-refractivity contribution >= 4 is 6.03 Å². The first-order valence-electron chi connectivity index (χ1n) is 7.57. The van der Waals surface area contributed by atoms with Crippen LogP contribution in [0.1, 0.15) is 24.6 Å². The Hall–Kier alpha value is -2.30. The van der Waals surface area contributed by atoms with Crippen LogP contribution in [-0.4, -0.2) is 33.6 Å². The van der Waals surface area contributed by atoms with Gasteiger partial charge in [0.2, 0.25) is 0 Å². The van der Waals surface area contributed by atoms with Crippen molar-refractivity contribution in [3.8, 4) is 0 Å². The van der Waals surface area contributed by atoms with Gasteiger partial charge in [0.15, 0.2) is 0 Å². The minimum atomic E-state index is -0.0452. The molecule has 0 aliphatic carbocycles. The van der Waals surface area contributed by atoms with Gasteiger partial charge in [0.25, 0.3) is 0 Å². The van der Waals surface area contributed by atoms with Crippen molar-refractivity contribution in [3.05, 3.63) is 54.1 Å². The summed E-state index contributed by atoms with van der Waals surface area (Å²) in [5, 5.41) is 3.04. The van der Waals surface area contributed by atoms with Crippen molar-refractivity contribution in [2.45, 2.75) is 32.4 Å². The Morgan fingerprint density at radius 3 is 2.73 bits per heavy atom. The topological polar surface area (TPSA) is 50.2 Å². The van der Waals surface area contributed by atoms with Crippen LogP contribution in [0, 0.1) is 0 Å². The van der Waals surface area contributed by atoms with E-state index in [-0.39, 0.29) is 12.1 Å². The minimum Gasteiger partial charge on any atom is -0.354 e. The van der Waals surface area contributed by atoms with Crippen LogP contribution in [0.2, 0.25) is 0 Å². The Morgan fingerprint density at radius 1 is 1.36 bits per heavy atom. The van der Waals surface area contributed by atoms with Crippen LogP contribution in [0.5, 0.6) is 0 Å². The molecule has 1 N–H and O–H groups in total. The van der Waals surface area contributed by atoms with E-state index >= 15 is 0 Å². The summed E-state index contributed by atoms with van der Waals surface area (Å²) in [4.78, 5) is 17.8. The van der Waals surface area contributed by atoms with Gasteiger partial charge in [0.1, 0.15) is 0 Å². The fourth-order valence-electron chi connectivity index (χ4n) is 2.35. The number of aryl methyl sites for hydroxylation is 2. The number of nitrogens with zero attached hydrogens (tertiary/aromatic N) is 3. The van der Waals surface area contributed by atoms with E-state index in [0.29, 0.717) is 6.54 Å². The third kappa shape index (κ3) is 4.62. The molecule has 2 rings (SSSR count). The quantitative estimate of drug-likeness (QED) is 0.891. The molecule has 0 saturated carbocycles. The Morgan fingerprint density at radius 2 is 2.09 bits per heavy atom. The number of carbonyl (C=O) groups is 1. The molecule has 2 amide bonds. The molecule has 0 unspecified atom stereocenters. The number of pyridine rings is 1. The van der Waals surface area contributed by atoms with Crippen LogP contribution in [0.4, 0.5) is 4.79 Å². The fourth-order valence-corrected chi connectivity index (χ4v) is 2.35. The predicted molar refractivity (Wildman–Crippen MR) is 87.4 cm³/mol. The number of urea groups is 1. The molecule has 0 spiro atoms. The van der Waals surface area contributed by atoms with Crippen LogP contribution in [0.25, 0.3) is 0 Å². The van der Waals surface area contributed by atoms with Crippen molar-refractivity contribution in [2.75, 3.05) is 7.05 Å². The van der Waals surface area contributed by atoms with Gasteiger partial charge in [-0.05, 0) is 49.6 Å². The summed E-state index contributed by atoms with van der Waals surface area (Å²) in [6.45, 7) is 2.63. The molecule has 0 aliphatic rings. The molecule has 0 aromatic carbocycles. The van der Waals surface area contributed by atoms with E-state index in [2.05, 4.69) is 20.9 Å². The maximum atomic E-state index is 12.2. The molecular formula is C17H24N4O. The lowest BCUT2D eigenvalue weighted by atomic mass is 10.1. The number of aromatic nitrogens is 2. The largest absolute Gasteiger partial charge is 0.354 e. The maximum Gasteiger partial charge on any atom is 0.317 e. The van der Waals surface area contributed by atoms with Gasteiger partial charge >= 0.3 is 6.03 Å². The first-order chi connectivity index (χ1) is 10.6. The lowest BCUT2D eigenvalue weighted by molar-refractivity contribution is 0.203. The number of hydrogen-bond donors (Lipinski definition) is 1. The zero-order valence-corrected chi connectivity index (χ0v) is 13.5. The van der Waals surface area contributed by atoms with Crippen LogP contribution in [0.3, 0.4) is 0 Å². The molecule has 0 fully saturated rings. The predicted octanol–water partition coefficient (Wildman–Crippen LogP) is 2.58. The summed E-state index contributed by atoms with van der Waals surface area (Å²) in [5.41, 5.74) is 2.36. The SMILES string of the molecule is C[C@H](CCc1cccn1C)NC(=O)N(C)Cc1ccncc1. The van der Waals surface area contributed by atoms with Crippen molar-refractivity contribution in [3.63, 3.8) is 0 Å². The van der Waals surface area contributed by atoms with Crippen LogP contribution >= 0.6 is 0 Å². The number of amides is 2. The van der Waals surface area contributed by atoms with Crippen molar-refractivity contribution in [2.24, 2.45) is 7.05 Å². The molecule has 0 radical (unpaired) electrons. The van der Waals surface area contributed by atoms with Gasteiger partial charge in [-0.1, -0.05) is 0 Å². The lowest BCUT2D eigenvalue weighted by Gasteiger charge is -2.21. The van der Waals surface area contributed by atoms with Crippen molar-refractivity contribution in [1.82, 2.24) is 19.8 Å². The molecular weight excluding hydrogens is 276 g/mol. The van der Waals surface area contributed by atoms with Crippen LogP contribution < -0.4 is 5.32 Å². The molecule has 2 heterocycles. The van der Waals surface area contributed by atoms with Gasteiger partial charge in [-0.25, -0.2) is 4.79 Å². The standard InChI is InChI=1S/C17H24N4O/c1-14(6-7-16-5-4-12-20(16)2)19-17(22)21(3)13-15-8-10-18-11-9-15/h4-5,8-12,14H,6-7,13H2,1-3H3,(H,19,22)/t14-/m1/s1. The number of nitrogens with one attached hydrogen (secondary N) is 1. The molecule has 118 valence electrons. The van der Waals surface area contributed by atoms with E-state index in [9.17, 15) is 4.79 Å². The molecule has 22 heavy (non-hydrogen) atoms. The van der Waals surface area contributed by atoms with E-state index < -0.39 is 0 Å². The molecule has 2 aromatic rings. The third-order valence-electron chi connectivity index (χ3n) is 3.77. The summed E-state index contributed by atoms with van der Waals surface area (Å²) < 4.78 is 2.12. The summed E-state index contributed by atoms with van der Waals surface area (Å²) in [6, 6.07) is 8.09. The van der Waals surface area contributed by atoms with E-state index in [1.54, 1.807) is 24.3 Å². The molecule has 0 aliphatic heterocycles. The summed E-state index contributed by atoms with van der Waals surface area (Å²) in [7, 11) is 3.85. The Balaban J connectivity index is 1.77. The number of rotatable bonds is 6. The van der Waals surface area contributed by atoms with Gasteiger partial charge in [0.05, 0.1) is 0 Å². The zero-order chi connectivity index (χ0) is 15.9. The zero-order valence-electron chi connectivity index (χ0n) is 13.5. The Labute approximate surface area is 132 Å². The van der Waals surface area contributed by atoms with E-state index in [0.717, 1.165) is 18.4 Å². The fraction of sp³-hybridized carbons (Fsp3) is 0.412. The van der Waals surface area contributed by atoms with E-state index in [1.165, 1.54) is 5.69 Å². The first-order valence-corrected chi connectivity index (χ1v) is 7.57. The minimum absolute atomic E-state index is 0.0452. The summed E-state index contributed by atoms with van der Waals surface area (Å²) >= 11 is 0. The van der Waals surface area contributed by atoms with Crippen LogP contribution in [0.15, 0.2) is 42.9 Å². The van der Waals surface area contributed by atoms with Gasteiger partial charge in [-0.2, -0.15) is 0 Å². The van der Waals surface area contributed by atoms with E-state index in [1.807, 2.05) is 38.4 Å². The first kappa shape index (κ1) is 16.1. The average molecular weight is 300 g/mol. The average Bonchev–Trinajstić information content (AvgIpc) is 2.91. The maximum absolute atomic E-state index is 12.2. The van der Waals surface area contributed by atoms with Gasteiger partial charge < -0.3 is 14.8 Å². The molecule has 0 saturated heterocycles. The molecule has 0 bridgehead atoms. The second-order valence-corrected chi connectivity index (χ2v) is 5.71. The second kappa shape index (κ2) is 7.64. The Kier molecular flexibility index (Phi) is 5.58. The third-order valence-corrected chi connectivity index (χ3v) is 3.77. The lowest BCUT2D eigenvalue weighted by Crippen LogP contribution is -2.41. The van der Waals surface area contributed by atoms with Crippen molar-refractivity contribution in [1.29, 1.82) is 0 Å². The number of carbonyl (C=O) groups excluding carboxylic acids is 1. The highest BCUT2D eigenvalue weighted by Crippen LogP contribution is 2.06. The highest BCUT2D eigenvalue weighted by molar-refractivity contribution is 5.74. The van der Waals surface area contributed by atoms with Crippen LogP contribution in [-0.2, 0) is 20.0 Å². The highest BCUT2D eigenvalue weighted by Gasteiger charge is 2.12. The molecule has 1 atom stereocenters. The van der Waals surface area contributed by atoms with E-state index in [4.69, 9.17) is 0 Å². The summed E-state index contributed by atoms with van der Waals surface area (Å²) in [6.07, 6.45) is 7.40. The summed E-state index contributed by atoms with van der Waals surface area (Å²) in [5.74, 6) is 0. The van der Waals surface area contributed by atoms with Gasteiger partial charge in [-0.15, -0.1) is 0 Å². The number of hydrogen-bond acceptors (Lipinski definition) is 2. The monoisotopic (exact) mass is 300 g/mol. The smallest absolute Gasteiger partial charge is 0.317 e. The highest BCUT2D eigenvalue weighted by atomic mass is 16.2. The normalized spacial score (nSPS) is 12.0. The van der Waals surface area contributed by atoms with Crippen molar-refractivity contribution < 1.29 is 4.79 Å².